The molecule has 6 heteroatoms. The van der Waals surface area contributed by atoms with Crippen molar-refractivity contribution in [2.75, 3.05) is 0 Å². The van der Waals surface area contributed by atoms with Gasteiger partial charge in [-0.05, 0) is 12.1 Å². The van der Waals surface area contributed by atoms with E-state index in [4.69, 9.17) is 19.8 Å². The number of nitrogens with zero attached hydrogens (tertiary/aromatic N) is 1. The summed E-state index contributed by atoms with van der Waals surface area (Å²) in [4.78, 5) is 22.0. The molecule has 0 saturated carbocycles. The van der Waals surface area contributed by atoms with E-state index in [-0.39, 0.29) is 12.4 Å². The second-order valence-corrected chi connectivity index (χ2v) is 1.63. The fourth-order valence-corrected chi connectivity index (χ4v) is 0.313. The van der Waals surface area contributed by atoms with Gasteiger partial charge in [-0.15, -0.1) is 12.4 Å². The van der Waals surface area contributed by atoms with E-state index < -0.39 is 11.9 Å². The van der Waals surface area contributed by atoms with Gasteiger partial charge in [0, 0.05) is 12.4 Å². The molecule has 0 saturated heterocycles. The van der Waals surface area contributed by atoms with Gasteiger partial charge in [0.1, 0.15) is 0 Å². The molecule has 1 rings (SSSR count). The lowest BCUT2D eigenvalue weighted by molar-refractivity contribution is -0.159. The van der Waals surface area contributed by atoms with Gasteiger partial charge in [0.05, 0.1) is 0 Å². The summed E-state index contributed by atoms with van der Waals surface area (Å²) >= 11 is 0. The molecule has 0 aromatic carbocycles. The van der Waals surface area contributed by atoms with Crippen molar-refractivity contribution in [2.45, 2.75) is 0 Å². The zero-order valence-corrected chi connectivity index (χ0v) is 7.27. The first-order valence-corrected chi connectivity index (χ1v) is 2.96. The molecule has 0 bridgehead atoms. The number of aromatic nitrogens is 1. The van der Waals surface area contributed by atoms with Crippen LogP contribution < -0.4 is 0 Å². The quantitative estimate of drug-likeness (QED) is 0.608. The zero-order valence-electron chi connectivity index (χ0n) is 6.45. The minimum Gasteiger partial charge on any atom is -0.473 e. The van der Waals surface area contributed by atoms with Crippen molar-refractivity contribution < 1.29 is 19.8 Å². The third kappa shape index (κ3) is 10.4. The van der Waals surface area contributed by atoms with Crippen LogP contribution in [0.2, 0.25) is 0 Å². The highest BCUT2D eigenvalue weighted by molar-refractivity contribution is 6.27. The highest BCUT2D eigenvalue weighted by Gasteiger charge is 2.04. The second kappa shape index (κ2) is 8.48. The molecule has 5 nitrogen and oxygen atoms in total. The first kappa shape index (κ1) is 13.9. The van der Waals surface area contributed by atoms with Gasteiger partial charge in [-0.2, -0.15) is 0 Å². The number of carbonyl (C=O) groups is 2. The predicted octanol–water partition coefficient (Wildman–Crippen LogP) is 0.659. The van der Waals surface area contributed by atoms with Crippen LogP contribution in [0, 0.1) is 0 Å². The third-order valence-corrected chi connectivity index (χ3v) is 0.749. The van der Waals surface area contributed by atoms with Crippen molar-refractivity contribution in [1.82, 2.24) is 4.98 Å². The Morgan fingerprint density at radius 3 is 1.38 bits per heavy atom. The van der Waals surface area contributed by atoms with E-state index in [1.54, 1.807) is 12.4 Å². The van der Waals surface area contributed by atoms with Crippen LogP contribution in [0.5, 0.6) is 0 Å². The van der Waals surface area contributed by atoms with Gasteiger partial charge >= 0.3 is 11.9 Å². The molecular formula is C7H8ClNO4. The standard InChI is InChI=1S/C5H5N.C2H2O4.ClH/c1-2-4-6-5-3-1;3-1(4)2(5)6;/h1-5H;(H,3,4)(H,5,6);1H. The normalized spacial score (nSPS) is 7.08. The van der Waals surface area contributed by atoms with E-state index in [2.05, 4.69) is 4.98 Å². The SMILES string of the molecule is Cl.O=C(O)C(=O)O.c1ccncc1. The lowest BCUT2D eigenvalue weighted by Gasteiger charge is -1.72. The van der Waals surface area contributed by atoms with Gasteiger partial charge in [-0.1, -0.05) is 6.07 Å². The number of hydrogen-bond acceptors (Lipinski definition) is 3. The Morgan fingerprint density at radius 1 is 0.923 bits per heavy atom. The summed E-state index contributed by atoms with van der Waals surface area (Å²) in [5.74, 6) is -3.65. The molecule has 0 amide bonds. The van der Waals surface area contributed by atoms with Crippen LogP contribution in [0.25, 0.3) is 0 Å². The Kier molecular flexibility index (Phi) is 9.09. The molecule has 0 unspecified atom stereocenters. The molecule has 13 heavy (non-hydrogen) atoms. The van der Waals surface area contributed by atoms with Crippen molar-refractivity contribution in [3.05, 3.63) is 30.6 Å². The molecule has 2 N–H and O–H groups in total. The Morgan fingerprint density at radius 2 is 1.31 bits per heavy atom. The van der Waals surface area contributed by atoms with Crippen molar-refractivity contribution in [2.24, 2.45) is 0 Å². The van der Waals surface area contributed by atoms with Crippen molar-refractivity contribution in [3.63, 3.8) is 0 Å². The highest BCUT2D eigenvalue weighted by atomic mass is 35.5. The number of hydrogen-bond donors (Lipinski definition) is 2. The number of pyridine rings is 1. The van der Waals surface area contributed by atoms with Gasteiger partial charge < -0.3 is 10.2 Å². The molecule has 0 aliphatic heterocycles. The van der Waals surface area contributed by atoms with Crippen LogP contribution in [0.3, 0.4) is 0 Å². The molecular weight excluding hydrogens is 198 g/mol. The molecule has 0 fully saturated rings. The maximum absolute atomic E-state index is 9.10. The van der Waals surface area contributed by atoms with E-state index in [9.17, 15) is 0 Å². The summed E-state index contributed by atoms with van der Waals surface area (Å²) in [6.45, 7) is 0. The average Bonchev–Trinajstić information content (AvgIpc) is 2.08. The van der Waals surface area contributed by atoms with Crippen LogP contribution in [0.15, 0.2) is 30.6 Å². The summed E-state index contributed by atoms with van der Waals surface area (Å²) < 4.78 is 0. The molecule has 1 aromatic heterocycles. The molecule has 0 aliphatic carbocycles. The van der Waals surface area contributed by atoms with Crippen LogP contribution in [-0.2, 0) is 9.59 Å². The number of aliphatic carboxylic acids is 2. The van der Waals surface area contributed by atoms with Gasteiger partial charge in [0.15, 0.2) is 0 Å². The highest BCUT2D eigenvalue weighted by Crippen LogP contribution is 1.73. The lowest BCUT2D eigenvalue weighted by Crippen LogP contribution is -2.09. The Balaban J connectivity index is 0. The topological polar surface area (TPSA) is 87.5 Å². The Labute approximate surface area is 80.5 Å². The third-order valence-electron chi connectivity index (χ3n) is 0.749. The number of rotatable bonds is 0. The average molecular weight is 206 g/mol. The maximum Gasteiger partial charge on any atom is 0.414 e. The number of halogens is 1. The zero-order chi connectivity index (χ0) is 9.40. The van der Waals surface area contributed by atoms with E-state index >= 15 is 0 Å². The van der Waals surface area contributed by atoms with Crippen LogP contribution >= 0.6 is 12.4 Å². The van der Waals surface area contributed by atoms with Crippen LogP contribution in [-0.4, -0.2) is 27.1 Å². The maximum atomic E-state index is 9.10. The van der Waals surface area contributed by atoms with Crippen LogP contribution in [0.1, 0.15) is 0 Å². The summed E-state index contributed by atoms with van der Waals surface area (Å²) in [6, 6.07) is 5.72. The Hall–Kier alpha value is -1.62. The molecule has 0 spiro atoms. The van der Waals surface area contributed by atoms with Crippen molar-refractivity contribution >= 4 is 24.3 Å². The lowest BCUT2D eigenvalue weighted by atomic mass is 10.5. The first-order valence-electron chi connectivity index (χ1n) is 2.96. The first-order chi connectivity index (χ1) is 5.64. The van der Waals surface area contributed by atoms with Crippen molar-refractivity contribution in [1.29, 1.82) is 0 Å². The number of carboxylic acids is 2. The molecule has 72 valence electrons. The molecule has 0 aliphatic rings. The summed E-state index contributed by atoms with van der Waals surface area (Å²) in [6.07, 6.45) is 3.50. The fraction of sp³-hybridized carbons (Fsp3) is 0. The van der Waals surface area contributed by atoms with Gasteiger partial charge in [0.2, 0.25) is 0 Å². The van der Waals surface area contributed by atoms with E-state index in [0.29, 0.717) is 0 Å². The van der Waals surface area contributed by atoms with E-state index in [1.807, 2.05) is 18.2 Å². The Bertz CT molecular complexity index is 213. The predicted molar refractivity (Wildman–Crippen MR) is 46.8 cm³/mol. The summed E-state index contributed by atoms with van der Waals surface area (Å²) in [5, 5.41) is 14.8. The largest absolute Gasteiger partial charge is 0.473 e. The van der Waals surface area contributed by atoms with Gasteiger partial charge in [-0.3, -0.25) is 4.98 Å². The molecule has 1 aromatic rings. The molecule has 1 heterocycles. The van der Waals surface area contributed by atoms with Gasteiger partial charge in [0.25, 0.3) is 0 Å². The second-order valence-electron chi connectivity index (χ2n) is 1.63. The monoisotopic (exact) mass is 205 g/mol. The van der Waals surface area contributed by atoms with Crippen LogP contribution in [0.4, 0.5) is 0 Å². The van der Waals surface area contributed by atoms with E-state index in [1.165, 1.54) is 0 Å². The number of carboxylic acid groups (broad SMARTS) is 2. The minimum absolute atomic E-state index is 0. The molecule has 0 radical (unpaired) electrons. The smallest absolute Gasteiger partial charge is 0.414 e. The fourth-order valence-electron chi connectivity index (χ4n) is 0.313. The molecule has 0 atom stereocenters. The van der Waals surface area contributed by atoms with Gasteiger partial charge in [-0.25, -0.2) is 9.59 Å². The minimum atomic E-state index is -1.82. The summed E-state index contributed by atoms with van der Waals surface area (Å²) in [5.41, 5.74) is 0. The van der Waals surface area contributed by atoms with Crippen molar-refractivity contribution in [3.8, 4) is 0 Å². The van der Waals surface area contributed by atoms with E-state index in [0.717, 1.165) is 0 Å². The summed E-state index contributed by atoms with van der Waals surface area (Å²) in [7, 11) is 0.